The van der Waals surface area contributed by atoms with Gasteiger partial charge in [0.15, 0.2) is 0 Å². The molecule has 1 N–H and O–H groups in total. The van der Waals surface area contributed by atoms with Crippen LogP contribution < -0.4 is 0 Å². The van der Waals surface area contributed by atoms with Gasteiger partial charge in [0.05, 0.1) is 11.6 Å². The minimum atomic E-state index is -0.829. The second kappa shape index (κ2) is 5.87. The van der Waals surface area contributed by atoms with Gasteiger partial charge in [-0.1, -0.05) is 20.8 Å². The van der Waals surface area contributed by atoms with Crippen LogP contribution in [-0.2, 0) is 11.3 Å². The van der Waals surface area contributed by atoms with Gasteiger partial charge in [-0.2, -0.15) is 5.10 Å². The first kappa shape index (κ1) is 15.5. The number of carboxylic acid groups (broad SMARTS) is 1. The Morgan fingerprint density at radius 3 is 2.57 bits per heavy atom. The standard InChI is InChI=1S/C15H23N3O3/c1-5-18-13(6-12(16-18)9(2)3)14(19)17-7-10(4)11(8-17)15(20)21/h6,9-11H,5,7-8H2,1-4H3,(H,20,21). The van der Waals surface area contributed by atoms with Crippen LogP contribution in [0.1, 0.15) is 49.8 Å². The number of likely N-dealkylation sites (tertiary alicyclic amines) is 1. The molecule has 2 atom stereocenters. The molecule has 6 nitrogen and oxygen atoms in total. The third-order valence-electron chi connectivity index (χ3n) is 4.13. The molecule has 6 heteroatoms. The van der Waals surface area contributed by atoms with Crippen molar-refractivity contribution in [3.8, 4) is 0 Å². The Labute approximate surface area is 124 Å². The van der Waals surface area contributed by atoms with Crippen LogP contribution in [0.3, 0.4) is 0 Å². The van der Waals surface area contributed by atoms with Crippen molar-refractivity contribution in [1.29, 1.82) is 0 Å². The second-order valence-electron chi connectivity index (χ2n) is 6.06. The number of amides is 1. The van der Waals surface area contributed by atoms with Gasteiger partial charge in [0, 0.05) is 19.6 Å². The lowest BCUT2D eigenvalue weighted by Crippen LogP contribution is -2.31. The van der Waals surface area contributed by atoms with Crippen molar-refractivity contribution >= 4 is 11.9 Å². The van der Waals surface area contributed by atoms with Crippen LogP contribution in [0, 0.1) is 11.8 Å². The van der Waals surface area contributed by atoms with E-state index >= 15 is 0 Å². The highest BCUT2D eigenvalue weighted by molar-refractivity contribution is 5.93. The van der Waals surface area contributed by atoms with Crippen LogP contribution in [0.25, 0.3) is 0 Å². The Morgan fingerprint density at radius 1 is 1.43 bits per heavy atom. The number of carboxylic acids is 1. The van der Waals surface area contributed by atoms with Crippen LogP contribution in [0.2, 0.25) is 0 Å². The minimum absolute atomic E-state index is 0.0194. The zero-order valence-electron chi connectivity index (χ0n) is 13.0. The van der Waals surface area contributed by atoms with Crippen molar-refractivity contribution in [1.82, 2.24) is 14.7 Å². The molecule has 1 amide bonds. The first-order chi connectivity index (χ1) is 9.85. The summed E-state index contributed by atoms with van der Waals surface area (Å²) in [5.74, 6) is -1.18. The lowest BCUT2D eigenvalue weighted by atomic mass is 9.99. The SMILES string of the molecule is CCn1nc(C(C)C)cc1C(=O)N1CC(C)C(C(=O)O)C1. The zero-order chi connectivity index (χ0) is 15.7. The molecular weight excluding hydrogens is 270 g/mol. The average Bonchev–Trinajstić information content (AvgIpc) is 3.01. The smallest absolute Gasteiger partial charge is 0.308 e. The lowest BCUT2D eigenvalue weighted by molar-refractivity contribution is -0.142. The van der Waals surface area contributed by atoms with E-state index in [1.54, 1.807) is 9.58 Å². The van der Waals surface area contributed by atoms with Crippen molar-refractivity contribution < 1.29 is 14.7 Å². The molecule has 0 radical (unpaired) electrons. The highest BCUT2D eigenvalue weighted by Gasteiger charge is 2.38. The predicted molar refractivity (Wildman–Crippen MR) is 78.2 cm³/mol. The summed E-state index contributed by atoms with van der Waals surface area (Å²) in [5.41, 5.74) is 1.45. The summed E-state index contributed by atoms with van der Waals surface area (Å²) in [6.07, 6.45) is 0. The summed E-state index contributed by atoms with van der Waals surface area (Å²) < 4.78 is 1.70. The van der Waals surface area contributed by atoms with Gasteiger partial charge in [0.1, 0.15) is 5.69 Å². The summed E-state index contributed by atoms with van der Waals surface area (Å²) in [6, 6.07) is 1.83. The third kappa shape index (κ3) is 2.94. The summed E-state index contributed by atoms with van der Waals surface area (Å²) >= 11 is 0. The Kier molecular flexibility index (Phi) is 4.34. The maximum Gasteiger partial charge on any atom is 0.308 e. The largest absolute Gasteiger partial charge is 0.481 e. The molecule has 0 bridgehead atoms. The number of hydrogen-bond acceptors (Lipinski definition) is 3. The average molecular weight is 293 g/mol. The van der Waals surface area contributed by atoms with Gasteiger partial charge in [-0.15, -0.1) is 0 Å². The number of aryl methyl sites for hydroxylation is 1. The number of aliphatic carboxylic acids is 1. The molecule has 2 rings (SSSR count). The van der Waals surface area contributed by atoms with Gasteiger partial charge in [0.2, 0.25) is 0 Å². The first-order valence-electron chi connectivity index (χ1n) is 7.45. The highest BCUT2D eigenvalue weighted by Crippen LogP contribution is 2.25. The summed E-state index contributed by atoms with van der Waals surface area (Å²) in [5, 5.41) is 13.6. The van der Waals surface area contributed by atoms with Crippen LogP contribution in [0.15, 0.2) is 6.07 Å². The van der Waals surface area contributed by atoms with Crippen LogP contribution in [-0.4, -0.2) is 44.8 Å². The normalized spacial score (nSPS) is 22.0. The number of aromatic nitrogens is 2. The van der Waals surface area contributed by atoms with Crippen LogP contribution in [0.5, 0.6) is 0 Å². The molecule has 0 saturated carbocycles. The minimum Gasteiger partial charge on any atom is -0.481 e. The fourth-order valence-electron chi connectivity index (χ4n) is 2.75. The molecule has 0 aliphatic carbocycles. The second-order valence-corrected chi connectivity index (χ2v) is 6.06. The van der Waals surface area contributed by atoms with E-state index in [1.807, 2.05) is 33.8 Å². The van der Waals surface area contributed by atoms with Crippen LogP contribution >= 0.6 is 0 Å². The van der Waals surface area contributed by atoms with E-state index in [0.29, 0.717) is 18.8 Å². The molecule has 2 heterocycles. The first-order valence-corrected chi connectivity index (χ1v) is 7.45. The quantitative estimate of drug-likeness (QED) is 0.918. The molecule has 1 aliphatic heterocycles. The van der Waals surface area contributed by atoms with Crippen molar-refractivity contribution in [3.05, 3.63) is 17.5 Å². The van der Waals surface area contributed by atoms with E-state index in [2.05, 4.69) is 5.10 Å². The van der Waals surface area contributed by atoms with E-state index in [1.165, 1.54) is 0 Å². The zero-order valence-corrected chi connectivity index (χ0v) is 13.0. The van der Waals surface area contributed by atoms with E-state index in [0.717, 1.165) is 5.69 Å². The number of carbonyl (C=O) groups is 2. The van der Waals surface area contributed by atoms with E-state index in [-0.39, 0.29) is 24.3 Å². The lowest BCUT2D eigenvalue weighted by Gasteiger charge is -2.16. The van der Waals surface area contributed by atoms with Crippen molar-refractivity contribution in [2.75, 3.05) is 13.1 Å². The monoisotopic (exact) mass is 293 g/mol. The molecule has 1 aromatic heterocycles. The Morgan fingerprint density at radius 2 is 2.10 bits per heavy atom. The van der Waals surface area contributed by atoms with E-state index in [4.69, 9.17) is 0 Å². The third-order valence-corrected chi connectivity index (χ3v) is 4.13. The van der Waals surface area contributed by atoms with E-state index in [9.17, 15) is 14.7 Å². The van der Waals surface area contributed by atoms with Gasteiger partial charge in [-0.05, 0) is 24.8 Å². The number of hydrogen-bond donors (Lipinski definition) is 1. The molecule has 1 aromatic rings. The van der Waals surface area contributed by atoms with Gasteiger partial charge in [-0.3, -0.25) is 14.3 Å². The number of rotatable bonds is 4. The Balaban J connectivity index is 2.23. The molecule has 1 saturated heterocycles. The van der Waals surface area contributed by atoms with Gasteiger partial charge in [0.25, 0.3) is 5.91 Å². The molecule has 1 fully saturated rings. The fraction of sp³-hybridized carbons (Fsp3) is 0.667. The summed E-state index contributed by atoms with van der Waals surface area (Å²) in [4.78, 5) is 25.5. The summed E-state index contributed by atoms with van der Waals surface area (Å²) in [7, 11) is 0. The van der Waals surface area contributed by atoms with E-state index < -0.39 is 11.9 Å². The molecule has 1 aliphatic rings. The molecule has 0 spiro atoms. The maximum absolute atomic E-state index is 12.6. The topological polar surface area (TPSA) is 75.4 Å². The van der Waals surface area contributed by atoms with Crippen molar-refractivity contribution in [2.45, 2.75) is 40.2 Å². The van der Waals surface area contributed by atoms with Crippen molar-refractivity contribution in [2.24, 2.45) is 11.8 Å². The van der Waals surface area contributed by atoms with Crippen LogP contribution in [0.4, 0.5) is 0 Å². The summed E-state index contributed by atoms with van der Waals surface area (Å²) in [6.45, 7) is 9.29. The molecule has 116 valence electrons. The fourth-order valence-corrected chi connectivity index (χ4v) is 2.75. The molecular formula is C15H23N3O3. The maximum atomic E-state index is 12.6. The molecule has 2 unspecified atom stereocenters. The van der Waals surface area contributed by atoms with Gasteiger partial charge < -0.3 is 10.0 Å². The predicted octanol–water partition coefficient (Wildman–Crippen LogP) is 1.82. The Bertz CT molecular complexity index is 550. The van der Waals surface area contributed by atoms with Gasteiger partial charge in [-0.25, -0.2) is 0 Å². The molecule has 21 heavy (non-hydrogen) atoms. The van der Waals surface area contributed by atoms with Gasteiger partial charge >= 0.3 is 5.97 Å². The highest BCUT2D eigenvalue weighted by atomic mass is 16.4. The number of carbonyl (C=O) groups excluding carboxylic acids is 1. The van der Waals surface area contributed by atoms with Crippen molar-refractivity contribution in [3.63, 3.8) is 0 Å². The molecule has 0 aromatic carbocycles. The number of nitrogens with zero attached hydrogens (tertiary/aromatic N) is 3. The Hall–Kier alpha value is -1.85.